The molecule has 0 radical (unpaired) electrons. The Bertz CT molecular complexity index is 1350. The predicted octanol–water partition coefficient (Wildman–Crippen LogP) is 4.25. The Morgan fingerprint density at radius 2 is 1.62 bits per heavy atom. The highest BCUT2D eigenvalue weighted by atomic mass is 19.1. The Hall–Kier alpha value is -4.77. The molecule has 1 N–H and O–H groups in total. The molecular weight excluding hydrogens is 439 g/mol. The number of esters is 1. The van der Waals surface area contributed by atoms with Gasteiger partial charge in [-0.2, -0.15) is 5.26 Å². The lowest BCUT2D eigenvalue weighted by Gasteiger charge is -2.25. The molecular formula is C26H17FN2O5. The van der Waals surface area contributed by atoms with Crippen LogP contribution in [0.2, 0.25) is 0 Å². The van der Waals surface area contributed by atoms with E-state index >= 15 is 0 Å². The Balaban J connectivity index is 1.89. The van der Waals surface area contributed by atoms with Crippen LogP contribution in [0.15, 0.2) is 78.4 Å². The number of hydrogen-bond acceptors (Lipinski definition) is 6. The molecule has 168 valence electrons. The monoisotopic (exact) mass is 456 g/mol. The second kappa shape index (κ2) is 9.00. The zero-order valence-corrected chi connectivity index (χ0v) is 17.9. The van der Waals surface area contributed by atoms with Gasteiger partial charge in [0.15, 0.2) is 0 Å². The van der Waals surface area contributed by atoms with Gasteiger partial charge in [0, 0.05) is 18.2 Å². The summed E-state index contributed by atoms with van der Waals surface area (Å²) in [6.07, 6.45) is 0. The highest BCUT2D eigenvalue weighted by Crippen LogP contribution is 2.42. The zero-order chi connectivity index (χ0) is 24.4. The van der Waals surface area contributed by atoms with Crippen LogP contribution in [-0.4, -0.2) is 22.8 Å². The molecule has 1 aliphatic heterocycles. The van der Waals surface area contributed by atoms with E-state index in [-0.39, 0.29) is 16.9 Å². The van der Waals surface area contributed by atoms with Crippen molar-refractivity contribution in [3.05, 3.63) is 101 Å². The van der Waals surface area contributed by atoms with E-state index in [1.165, 1.54) is 60.4 Å². The van der Waals surface area contributed by atoms with Crippen LogP contribution >= 0.6 is 0 Å². The average Bonchev–Trinajstić information content (AvgIpc) is 3.09. The van der Waals surface area contributed by atoms with Crippen LogP contribution in [-0.2, 0) is 14.4 Å². The molecule has 4 rings (SSSR count). The van der Waals surface area contributed by atoms with Crippen LogP contribution in [0.1, 0.15) is 29.7 Å². The van der Waals surface area contributed by atoms with Crippen molar-refractivity contribution in [3.8, 4) is 11.8 Å². The highest BCUT2D eigenvalue weighted by molar-refractivity contribution is 6.51. The van der Waals surface area contributed by atoms with Gasteiger partial charge in [0.25, 0.3) is 11.7 Å². The molecule has 1 heterocycles. The molecule has 1 atom stereocenters. The normalized spacial score (nSPS) is 16.9. The fraction of sp³-hybridized carbons (Fsp3) is 0.0769. The number of Topliss-reactive ketones (excluding diaryl/α,β-unsaturated/α-hetero) is 1. The number of aliphatic hydroxyl groups is 1. The van der Waals surface area contributed by atoms with E-state index in [1.54, 1.807) is 12.1 Å². The maximum Gasteiger partial charge on any atom is 0.308 e. The van der Waals surface area contributed by atoms with E-state index in [0.717, 1.165) is 12.1 Å². The molecule has 3 aromatic carbocycles. The lowest BCUT2D eigenvalue weighted by atomic mass is 9.95. The van der Waals surface area contributed by atoms with Crippen LogP contribution in [0.3, 0.4) is 0 Å². The van der Waals surface area contributed by atoms with Gasteiger partial charge in [0.2, 0.25) is 0 Å². The van der Waals surface area contributed by atoms with E-state index < -0.39 is 35.3 Å². The largest absolute Gasteiger partial charge is 0.507 e. The molecule has 1 unspecified atom stereocenters. The number of aliphatic hydroxyl groups excluding tert-OH is 1. The SMILES string of the molecule is CC(=O)Oc1ccc(C2/C(=C(\O)c3ccc(F)cc3)C(=O)C(=O)N2c2ccc(C#N)cc2)cc1. The van der Waals surface area contributed by atoms with Crippen LogP contribution < -0.4 is 9.64 Å². The van der Waals surface area contributed by atoms with Crippen LogP contribution in [0.5, 0.6) is 5.75 Å². The molecule has 8 heteroatoms. The third kappa shape index (κ3) is 4.14. The van der Waals surface area contributed by atoms with Crippen molar-refractivity contribution in [2.75, 3.05) is 4.90 Å². The maximum absolute atomic E-state index is 13.4. The van der Waals surface area contributed by atoms with E-state index in [1.807, 2.05) is 6.07 Å². The summed E-state index contributed by atoms with van der Waals surface area (Å²) in [5, 5.41) is 20.1. The van der Waals surface area contributed by atoms with Gasteiger partial charge in [-0.05, 0) is 66.2 Å². The lowest BCUT2D eigenvalue weighted by Crippen LogP contribution is -2.29. The zero-order valence-electron chi connectivity index (χ0n) is 17.9. The average molecular weight is 456 g/mol. The molecule has 0 aromatic heterocycles. The summed E-state index contributed by atoms with van der Waals surface area (Å²) in [5.41, 5.74) is 1.16. The minimum Gasteiger partial charge on any atom is -0.507 e. The van der Waals surface area contributed by atoms with Gasteiger partial charge in [-0.1, -0.05) is 12.1 Å². The van der Waals surface area contributed by atoms with Crippen molar-refractivity contribution >= 4 is 29.1 Å². The summed E-state index contributed by atoms with van der Waals surface area (Å²) < 4.78 is 18.4. The highest BCUT2D eigenvalue weighted by Gasteiger charge is 2.47. The van der Waals surface area contributed by atoms with Gasteiger partial charge in [0.1, 0.15) is 17.3 Å². The fourth-order valence-electron chi connectivity index (χ4n) is 3.76. The van der Waals surface area contributed by atoms with Crippen LogP contribution in [0, 0.1) is 17.1 Å². The maximum atomic E-state index is 13.4. The molecule has 3 aromatic rings. The summed E-state index contributed by atoms with van der Waals surface area (Å²) >= 11 is 0. The quantitative estimate of drug-likeness (QED) is 0.207. The Morgan fingerprint density at radius 3 is 2.18 bits per heavy atom. The van der Waals surface area contributed by atoms with Gasteiger partial charge >= 0.3 is 5.97 Å². The number of nitriles is 1. The standard InChI is InChI=1S/C26H17FN2O5/c1-15(30)34-21-12-6-17(7-13-21)23-22(24(31)18-4-8-19(27)9-5-18)25(32)26(33)29(23)20-10-2-16(14-28)3-11-20/h2-13,23,31H,1H3/b24-22+. The third-order valence-corrected chi connectivity index (χ3v) is 5.29. The van der Waals surface area contributed by atoms with E-state index in [0.29, 0.717) is 16.8 Å². The molecule has 0 saturated carbocycles. The Morgan fingerprint density at radius 1 is 1.00 bits per heavy atom. The van der Waals surface area contributed by atoms with E-state index in [9.17, 15) is 23.9 Å². The number of rotatable bonds is 4. The number of carbonyl (C=O) groups excluding carboxylic acids is 3. The lowest BCUT2D eigenvalue weighted by molar-refractivity contribution is -0.132. The van der Waals surface area contributed by atoms with Crippen molar-refractivity contribution in [2.24, 2.45) is 0 Å². The van der Waals surface area contributed by atoms with Crippen molar-refractivity contribution in [3.63, 3.8) is 0 Å². The van der Waals surface area contributed by atoms with Crippen molar-refractivity contribution in [1.82, 2.24) is 0 Å². The summed E-state index contributed by atoms with van der Waals surface area (Å²) in [7, 11) is 0. The van der Waals surface area contributed by atoms with E-state index in [2.05, 4.69) is 0 Å². The number of amides is 1. The number of hydrogen-bond donors (Lipinski definition) is 1. The first-order valence-corrected chi connectivity index (χ1v) is 10.2. The smallest absolute Gasteiger partial charge is 0.308 e. The number of benzene rings is 3. The number of anilines is 1. The Kier molecular flexibility index (Phi) is 5.94. The molecule has 34 heavy (non-hydrogen) atoms. The van der Waals surface area contributed by atoms with E-state index in [4.69, 9.17) is 10.00 Å². The second-order valence-electron chi connectivity index (χ2n) is 7.50. The minimum absolute atomic E-state index is 0.167. The summed E-state index contributed by atoms with van der Waals surface area (Å²) in [6.45, 7) is 1.26. The molecule has 1 fully saturated rings. The van der Waals surface area contributed by atoms with Gasteiger partial charge < -0.3 is 9.84 Å². The van der Waals surface area contributed by atoms with Crippen molar-refractivity contribution < 1.29 is 28.6 Å². The number of ether oxygens (including phenoxy) is 1. The van der Waals surface area contributed by atoms with Crippen molar-refractivity contribution in [1.29, 1.82) is 5.26 Å². The van der Waals surface area contributed by atoms with Crippen molar-refractivity contribution in [2.45, 2.75) is 13.0 Å². The topological polar surface area (TPSA) is 108 Å². The summed E-state index contributed by atoms with van der Waals surface area (Å²) in [6, 6.07) is 18.1. The molecule has 7 nitrogen and oxygen atoms in total. The van der Waals surface area contributed by atoms with Crippen LogP contribution in [0.4, 0.5) is 10.1 Å². The Labute approximate surface area is 193 Å². The van der Waals surface area contributed by atoms with Gasteiger partial charge in [-0.15, -0.1) is 0 Å². The third-order valence-electron chi connectivity index (χ3n) is 5.29. The number of ketones is 1. The first kappa shape index (κ1) is 22.4. The molecule has 1 aliphatic rings. The molecule has 0 aliphatic carbocycles. The van der Waals surface area contributed by atoms with Gasteiger partial charge in [-0.3, -0.25) is 19.3 Å². The summed E-state index contributed by atoms with van der Waals surface area (Å²) in [4.78, 5) is 38.6. The first-order chi connectivity index (χ1) is 16.3. The molecule has 0 spiro atoms. The first-order valence-electron chi connectivity index (χ1n) is 10.2. The van der Waals surface area contributed by atoms with Gasteiger partial charge in [-0.25, -0.2) is 4.39 Å². The minimum atomic E-state index is -1.02. The predicted molar refractivity (Wildman–Crippen MR) is 120 cm³/mol. The summed E-state index contributed by atoms with van der Waals surface area (Å²) in [5.74, 6) is -3.00. The molecule has 1 saturated heterocycles. The molecule has 1 amide bonds. The fourth-order valence-corrected chi connectivity index (χ4v) is 3.76. The number of halogens is 1. The van der Waals surface area contributed by atoms with Crippen LogP contribution in [0.25, 0.3) is 5.76 Å². The number of carbonyl (C=O) groups is 3. The second-order valence-corrected chi connectivity index (χ2v) is 7.50. The number of nitrogens with zero attached hydrogens (tertiary/aromatic N) is 2. The molecule has 0 bridgehead atoms. The van der Waals surface area contributed by atoms with Gasteiger partial charge in [0.05, 0.1) is 23.2 Å².